The Morgan fingerprint density at radius 1 is 1.32 bits per heavy atom. The first-order valence-corrected chi connectivity index (χ1v) is 6.92. The third-order valence-corrected chi connectivity index (χ3v) is 3.55. The molecule has 0 fully saturated rings. The van der Waals surface area contributed by atoms with Crippen LogP contribution >= 0.6 is 0 Å². The minimum absolute atomic E-state index is 0.346. The molecule has 0 saturated carbocycles. The standard InChI is InChI=1S/C15H21F2NO/c16-15(17)11-19-9-8-18-10-13-6-3-5-12-4-1-2-7-14(12)13/h1-2,4,7,13,15,18H,3,5-6,8-11H2. The van der Waals surface area contributed by atoms with Gasteiger partial charge in [0.15, 0.2) is 0 Å². The van der Waals surface area contributed by atoms with E-state index in [1.165, 1.54) is 30.4 Å². The number of ether oxygens (including phenoxy) is 1. The Balaban J connectivity index is 1.70. The van der Waals surface area contributed by atoms with Crippen LogP contribution in [0.3, 0.4) is 0 Å². The number of hydrogen-bond acceptors (Lipinski definition) is 2. The molecular weight excluding hydrogens is 248 g/mol. The van der Waals surface area contributed by atoms with Crippen LogP contribution in [0.1, 0.15) is 29.9 Å². The number of rotatable bonds is 7. The third-order valence-electron chi connectivity index (χ3n) is 3.55. The molecular formula is C15H21F2NO. The second-order valence-electron chi connectivity index (χ2n) is 4.96. The number of aryl methyl sites for hydroxylation is 1. The van der Waals surface area contributed by atoms with Crippen LogP contribution in [0.25, 0.3) is 0 Å². The van der Waals surface area contributed by atoms with Crippen LogP contribution in [0.2, 0.25) is 0 Å². The molecule has 0 saturated heterocycles. The van der Waals surface area contributed by atoms with Gasteiger partial charge in [0.25, 0.3) is 6.43 Å². The average Bonchev–Trinajstić information content (AvgIpc) is 2.42. The molecule has 0 aliphatic heterocycles. The predicted molar refractivity (Wildman–Crippen MR) is 71.8 cm³/mol. The summed E-state index contributed by atoms with van der Waals surface area (Å²) in [6.45, 7) is 1.41. The first kappa shape index (κ1) is 14.4. The zero-order valence-electron chi connectivity index (χ0n) is 11.1. The topological polar surface area (TPSA) is 21.3 Å². The molecule has 1 aromatic carbocycles. The maximum atomic E-state index is 11.9. The Bertz CT molecular complexity index is 384. The summed E-state index contributed by atoms with van der Waals surface area (Å²) in [6.07, 6.45) is 1.22. The SMILES string of the molecule is FC(F)COCCNCC1CCCc2ccccc21. The molecule has 1 aliphatic rings. The predicted octanol–water partition coefficient (Wildman–Crippen LogP) is 2.98. The fourth-order valence-corrected chi connectivity index (χ4v) is 2.66. The first-order valence-electron chi connectivity index (χ1n) is 6.92. The van der Waals surface area contributed by atoms with Gasteiger partial charge in [0.1, 0.15) is 6.61 Å². The number of alkyl halides is 2. The van der Waals surface area contributed by atoms with Gasteiger partial charge < -0.3 is 10.1 Å². The largest absolute Gasteiger partial charge is 0.374 e. The molecule has 1 atom stereocenters. The Morgan fingerprint density at radius 2 is 2.16 bits per heavy atom. The lowest BCUT2D eigenvalue weighted by Crippen LogP contribution is -2.27. The van der Waals surface area contributed by atoms with Crippen molar-refractivity contribution in [3.63, 3.8) is 0 Å². The molecule has 1 N–H and O–H groups in total. The zero-order chi connectivity index (χ0) is 13.5. The van der Waals surface area contributed by atoms with E-state index in [0.29, 0.717) is 19.1 Å². The molecule has 0 spiro atoms. The highest BCUT2D eigenvalue weighted by atomic mass is 19.3. The lowest BCUT2D eigenvalue weighted by molar-refractivity contribution is 0.0187. The van der Waals surface area contributed by atoms with Gasteiger partial charge >= 0.3 is 0 Å². The van der Waals surface area contributed by atoms with Crippen molar-refractivity contribution in [2.75, 3.05) is 26.3 Å². The van der Waals surface area contributed by atoms with E-state index in [1.54, 1.807) is 0 Å². The number of hydrogen-bond donors (Lipinski definition) is 1. The van der Waals surface area contributed by atoms with E-state index < -0.39 is 13.0 Å². The second-order valence-corrected chi connectivity index (χ2v) is 4.96. The van der Waals surface area contributed by atoms with Crippen LogP contribution < -0.4 is 5.32 Å². The van der Waals surface area contributed by atoms with Crippen molar-refractivity contribution in [1.29, 1.82) is 0 Å². The van der Waals surface area contributed by atoms with Crippen LogP contribution in [0.4, 0.5) is 8.78 Å². The maximum absolute atomic E-state index is 11.9. The minimum atomic E-state index is -2.37. The summed E-state index contributed by atoms with van der Waals surface area (Å²) in [4.78, 5) is 0. The Kier molecular flexibility index (Phi) is 5.73. The molecule has 1 aromatic rings. The summed E-state index contributed by atoms with van der Waals surface area (Å²) in [7, 11) is 0. The number of fused-ring (bicyclic) bond motifs is 1. The molecule has 0 bridgehead atoms. The van der Waals surface area contributed by atoms with E-state index >= 15 is 0 Å². The fraction of sp³-hybridized carbons (Fsp3) is 0.600. The van der Waals surface area contributed by atoms with Gasteiger partial charge in [-0.15, -0.1) is 0 Å². The Hall–Kier alpha value is -1.00. The Labute approximate surface area is 113 Å². The first-order chi connectivity index (χ1) is 9.27. The summed E-state index contributed by atoms with van der Waals surface area (Å²) < 4.78 is 28.6. The van der Waals surface area contributed by atoms with Crippen LogP contribution in [-0.4, -0.2) is 32.7 Å². The average molecular weight is 269 g/mol. The van der Waals surface area contributed by atoms with Crippen LogP contribution in [0.15, 0.2) is 24.3 Å². The van der Waals surface area contributed by atoms with E-state index in [1.807, 2.05) is 0 Å². The van der Waals surface area contributed by atoms with Gasteiger partial charge in [-0.1, -0.05) is 24.3 Å². The second kappa shape index (κ2) is 7.56. The summed E-state index contributed by atoms with van der Waals surface area (Å²) >= 11 is 0. The van der Waals surface area contributed by atoms with E-state index in [4.69, 9.17) is 4.74 Å². The van der Waals surface area contributed by atoms with Crippen molar-refractivity contribution in [3.8, 4) is 0 Å². The van der Waals surface area contributed by atoms with E-state index in [9.17, 15) is 8.78 Å². The molecule has 1 aliphatic carbocycles. The molecule has 2 nitrogen and oxygen atoms in total. The third kappa shape index (κ3) is 4.55. The van der Waals surface area contributed by atoms with Crippen molar-refractivity contribution >= 4 is 0 Å². The quantitative estimate of drug-likeness (QED) is 0.768. The van der Waals surface area contributed by atoms with Gasteiger partial charge in [-0.2, -0.15) is 0 Å². The van der Waals surface area contributed by atoms with Crippen molar-refractivity contribution < 1.29 is 13.5 Å². The van der Waals surface area contributed by atoms with Crippen molar-refractivity contribution in [3.05, 3.63) is 35.4 Å². The van der Waals surface area contributed by atoms with Crippen LogP contribution in [0, 0.1) is 0 Å². The number of halogens is 2. The monoisotopic (exact) mass is 269 g/mol. The van der Waals surface area contributed by atoms with Crippen molar-refractivity contribution in [1.82, 2.24) is 5.32 Å². The fourth-order valence-electron chi connectivity index (χ4n) is 2.66. The number of nitrogens with one attached hydrogen (secondary N) is 1. The molecule has 4 heteroatoms. The van der Waals surface area contributed by atoms with Gasteiger partial charge in [-0.05, 0) is 36.3 Å². The van der Waals surface area contributed by atoms with E-state index in [0.717, 1.165) is 6.54 Å². The highest BCUT2D eigenvalue weighted by molar-refractivity contribution is 5.32. The molecule has 0 heterocycles. The van der Waals surface area contributed by atoms with Gasteiger partial charge in [0.05, 0.1) is 6.61 Å². The molecule has 1 unspecified atom stereocenters. The van der Waals surface area contributed by atoms with E-state index in [2.05, 4.69) is 29.6 Å². The smallest absolute Gasteiger partial charge is 0.261 e. The molecule has 0 aromatic heterocycles. The highest BCUT2D eigenvalue weighted by Gasteiger charge is 2.18. The lowest BCUT2D eigenvalue weighted by atomic mass is 9.83. The molecule has 0 amide bonds. The van der Waals surface area contributed by atoms with Crippen molar-refractivity contribution in [2.45, 2.75) is 31.6 Å². The molecule has 106 valence electrons. The molecule has 19 heavy (non-hydrogen) atoms. The minimum Gasteiger partial charge on any atom is -0.374 e. The molecule has 2 rings (SSSR count). The Morgan fingerprint density at radius 3 is 3.00 bits per heavy atom. The zero-order valence-corrected chi connectivity index (χ0v) is 11.1. The maximum Gasteiger partial charge on any atom is 0.261 e. The molecule has 0 radical (unpaired) electrons. The normalized spacial score (nSPS) is 18.6. The summed E-state index contributed by atoms with van der Waals surface area (Å²) in [5.74, 6) is 0.542. The van der Waals surface area contributed by atoms with Gasteiger partial charge in [-0.25, -0.2) is 8.78 Å². The summed E-state index contributed by atoms with van der Waals surface area (Å²) in [6, 6.07) is 8.58. The van der Waals surface area contributed by atoms with Gasteiger partial charge in [0.2, 0.25) is 0 Å². The van der Waals surface area contributed by atoms with Crippen LogP contribution in [-0.2, 0) is 11.2 Å². The number of benzene rings is 1. The lowest BCUT2D eigenvalue weighted by Gasteiger charge is -2.25. The van der Waals surface area contributed by atoms with Gasteiger partial charge in [0, 0.05) is 13.1 Å². The highest BCUT2D eigenvalue weighted by Crippen LogP contribution is 2.30. The van der Waals surface area contributed by atoms with Gasteiger partial charge in [-0.3, -0.25) is 0 Å². The van der Waals surface area contributed by atoms with Crippen molar-refractivity contribution in [2.24, 2.45) is 0 Å². The summed E-state index contributed by atoms with van der Waals surface area (Å²) in [5, 5.41) is 3.30. The summed E-state index contributed by atoms with van der Waals surface area (Å²) in [5.41, 5.74) is 2.89. The van der Waals surface area contributed by atoms with E-state index in [-0.39, 0.29) is 0 Å². The van der Waals surface area contributed by atoms with Crippen LogP contribution in [0.5, 0.6) is 0 Å².